The van der Waals surface area contributed by atoms with E-state index in [0.29, 0.717) is 30.8 Å². The SMILES string of the molecule is C[C@H]1[C@H]([Si](C)(C)O)[C@@H](CC(=O)N2CCC[C@H]2CO)O[C@]12C(=O)Nc1ccc(N3CCCC3=O)cc12. The van der Waals surface area contributed by atoms with Crippen molar-refractivity contribution < 1.29 is 29.0 Å². The number of fused-ring (bicyclic) bond motifs is 2. The fraction of sp³-hybridized carbons (Fsp3) is 0.640. The Bertz CT molecular complexity index is 1060. The van der Waals surface area contributed by atoms with Crippen molar-refractivity contribution in [2.24, 2.45) is 5.92 Å². The maximum atomic E-state index is 13.5. The van der Waals surface area contributed by atoms with Gasteiger partial charge in [-0.05, 0) is 50.6 Å². The summed E-state index contributed by atoms with van der Waals surface area (Å²) < 4.78 is 6.59. The van der Waals surface area contributed by atoms with E-state index in [2.05, 4.69) is 5.32 Å². The van der Waals surface area contributed by atoms with Crippen molar-refractivity contribution in [3.8, 4) is 0 Å². The number of likely N-dealkylation sites (tertiary alicyclic amines) is 1. The van der Waals surface area contributed by atoms with Gasteiger partial charge in [0, 0.05) is 47.9 Å². The van der Waals surface area contributed by atoms with E-state index >= 15 is 0 Å². The fourth-order valence-corrected chi connectivity index (χ4v) is 9.37. The van der Waals surface area contributed by atoms with Crippen LogP contribution in [-0.2, 0) is 24.7 Å². The van der Waals surface area contributed by atoms with Gasteiger partial charge in [0.2, 0.25) is 11.8 Å². The summed E-state index contributed by atoms with van der Waals surface area (Å²) in [5.41, 5.74) is 0.353. The lowest BCUT2D eigenvalue weighted by Gasteiger charge is -2.32. The Morgan fingerprint density at radius 1 is 1.26 bits per heavy atom. The molecule has 3 N–H and O–H groups in total. The van der Waals surface area contributed by atoms with E-state index in [0.717, 1.165) is 24.9 Å². The second-order valence-corrected chi connectivity index (χ2v) is 14.9. The molecule has 3 amide bonds. The highest BCUT2D eigenvalue weighted by atomic mass is 28.4. The molecule has 10 heteroatoms. The summed E-state index contributed by atoms with van der Waals surface area (Å²) in [5.74, 6) is -0.720. The van der Waals surface area contributed by atoms with Crippen molar-refractivity contribution in [3.63, 3.8) is 0 Å². The van der Waals surface area contributed by atoms with Crippen molar-refractivity contribution in [1.82, 2.24) is 4.90 Å². The quantitative estimate of drug-likeness (QED) is 0.531. The van der Waals surface area contributed by atoms with Crippen LogP contribution in [0.4, 0.5) is 11.4 Å². The standard InChI is InChI=1S/C25H35N3O6Si/c1-15-23(35(2,3)33)20(13-22(31)28-10-4-6-17(28)14-29)34-25(15)18-12-16(27-11-5-7-21(27)30)8-9-19(18)26-24(25)32/h8-9,12,15,17,20,23,29,33H,4-7,10-11,13-14H2,1-3H3,(H,26,32)/t15-,17-,20+,23-,25+/m0/s1. The third-order valence-electron chi connectivity index (χ3n) is 8.39. The molecule has 0 radical (unpaired) electrons. The van der Waals surface area contributed by atoms with E-state index in [1.54, 1.807) is 9.80 Å². The summed E-state index contributed by atoms with van der Waals surface area (Å²) in [6.45, 7) is 6.74. The normalized spacial score (nSPS) is 32.6. The molecule has 1 spiro atoms. The molecule has 190 valence electrons. The van der Waals surface area contributed by atoms with Gasteiger partial charge in [0.15, 0.2) is 13.9 Å². The second kappa shape index (κ2) is 8.69. The molecule has 4 aliphatic heterocycles. The highest BCUT2D eigenvalue weighted by molar-refractivity contribution is 6.71. The van der Waals surface area contributed by atoms with E-state index in [9.17, 15) is 24.3 Å². The lowest BCUT2D eigenvalue weighted by atomic mass is 9.82. The van der Waals surface area contributed by atoms with Gasteiger partial charge >= 0.3 is 0 Å². The molecular formula is C25H35N3O6Si. The minimum Gasteiger partial charge on any atom is -0.432 e. The molecule has 4 heterocycles. The summed E-state index contributed by atoms with van der Waals surface area (Å²) in [6, 6.07) is 5.32. The lowest BCUT2D eigenvalue weighted by molar-refractivity contribution is -0.148. The van der Waals surface area contributed by atoms with Crippen molar-refractivity contribution in [3.05, 3.63) is 23.8 Å². The summed E-state index contributed by atoms with van der Waals surface area (Å²) in [6.07, 6.45) is 2.35. The number of aliphatic hydroxyl groups is 1. The molecular weight excluding hydrogens is 466 g/mol. The van der Waals surface area contributed by atoms with Crippen LogP contribution in [0.2, 0.25) is 18.6 Å². The molecule has 0 saturated carbocycles. The molecule has 3 saturated heterocycles. The molecule has 0 unspecified atom stereocenters. The summed E-state index contributed by atoms with van der Waals surface area (Å²) in [5, 5.41) is 12.6. The first kappa shape index (κ1) is 24.4. The Balaban J connectivity index is 1.51. The average Bonchev–Trinajstić information content (AvgIpc) is 3.55. The third-order valence-corrected chi connectivity index (χ3v) is 10.9. The molecule has 1 aromatic carbocycles. The predicted molar refractivity (Wildman–Crippen MR) is 132 cm³/mol. The average molecular weight is 502 g/mol. The van der Waals surface area contributed by atoms with Crippen LogP contribution < -0.4 is 10.2 Å². The smallest absolute Gasteiger partial charge is 0.261 e. The molecule has 4 aliphatic rings. The first-order valence-corrected chi connectivity index (χ1v) is 15.7. The Kier molecular flexibility index (Phi) is 6.06. The van der Waals surface area contributed by atoms with Crippen LogP contribution >= 0.6 is 0 Å². The number of rotatable bonds is 5. The van der Waals surface area contributed by atoms with E-state index in [1.807, 2.05) is 38.2 Å². The molecule has 5 rings (SSSR count). The van der Waals surface area contributed by atoms with Gasteiger partial charge < -0.3 is 29.8 Å². The number of benzene rings is 1. The summed E-state index contributed by atoms with van der Waals surface area (Å²) >= 11 is 0. The van der Waals surface area contributed by atoms with Crippen LogP contribution in [0, 0.1) is 5.92 Å². The zero-order chi connectivity index (χ0) is 25.1. The minimum absolute atomic E-state index is 0.0527. The molecule has 0 aromatic heterocycles. The van der Waals surface area contributed by atoms with Crippen LogP contribution in [0.25, 0.3) is 0 Å². The number of anilines is 2. The molecule has 1 aromatic rings. The van der Waals surface area contributed by atoms with Gasteiger partial charge in [-0.1, -0.05) is 6.92 Å². The van der Waals surface area contributed by atoms with Crippen molar-refractivity contribution in [1.29, 1.82) is 0 Å². The molecule has 3 fully saturated rings. The van der Waals surface area contributed by atoms with E-state index in [1.165, 1.54) is 0 Å². The van der Waals surface area contributed by atoms with Crippen molar-refractivity contribution >= 4 is 37.4 Å². The lowest BCUT2D eigenvalue weighted by Crippen LogP contribution is -2.44. The maximum Gasteiger partial charge on any atom is 0.261 e. The van der Waals surface area contributed by atoms with Gasteiger partial charge in [0.25, 0.3) is 5.91 Å². The van der Waals surface area contributed by atoms with Gasteiger partial charge in [-0.2, -0.15) is 0 Å². The van der Waals surface area contributed by atoms with Crippen LogP contribution in [0.3, 0.4) is 0 Å². The van der Waals surface area contributed by atoms with Crippen molar-refractivity contribution in [2.75, 3.05) is 29.9 Å². The Morgan fingerprint density at radius 2 is 2.03 bits per heavy atom. The van der Waals surface area contributed by atoms with Crippen molar-refractivity contribution in [2.45, 2.75) is 75.4 Å². The number of amides is 3. The van der Waals surface area contributed by atoms with Crippen LogP contribution in [-0.4, -0.2) is 72.7 Å². The maximum absolute atomic E-state index is 13.5. The highest BCUT2D eigenvalue weighted by Gasteiger charge is 2.65. The number of carbonyl (C=O) groups excluding carboxylic acids is 3. The number of nitrogens with one attached hydrogen (secondary N) is 1. The topological polar surface area (TPSA) is 119 Å². The fourth-order valence-electron chi connectivity index (χ4n) is 6.82. The van der Waals surface area contributed by atoms with E-state index in [4.69, 9.17) is 4.74 Å². The number of ether oxygens (including phenoxy) is 1. The zero-order valence-corrected chi connectivity index (χ0v) is 21.6. The van der Waals surface area contributed by atoms with Gasteiger partial charge in [-0.3, -0.25) is 14.4 Å². The Labute approximate surface area is 206 Å². The largest absolute Gasteiger partial charge is 0.432 e. The number of nitrogens with zero attached hydrogens (tertiary/aromatic N) is 2. The van der Waals surface area contributed by atoms with Gasteiger partial charge in [0.05, 0.1) is 25.2 Å². The third kappa shape index (κ3) is 3.81. The van der Waals surface area contributed by atoms with Crippen LogP contribution in [0.15, 0.2) is 18.2 Å². The molecule has 35 heavy (non-hydrogen) atoms. The van der Waals surface area contributed by atoms with E-state index in [-0.39, 0.29) is 48.3 Å². The predicted octanol–water partition coefficient (Wildman–Crippen LogP) is 1.94. The first-order chi connectivity index (χ1) is 16.6. The molecule has 0 bridgehead atoms. The number of aliphatic hydroxyl groups excluding tert-OH is 1. The summed E-state index contributed by atoms with van der Waals surface area (Å²) in [7, 11) is -2.87. The van der Waals surface area contributed by atoms with Crippen LogP contribution in [0.5, 0.6) is 0 Å². The monoisotopic (exact) mass is 501 g/mol. The minimum atomic E-state index is -2.87. The van der Waals surface area contributed by atoms with Gasteiger partial charge in [0.1, 0.15) is 0 Å². The Hall–Kier alpha value is -2.27. The highest BCUT2D eigenvalue weighted by Crippen LogP contribution is 2.58. The molecule has 9 nitrogen and oxygen atoms in total. The van der Waals surface area contributed by atoms with Gasteiger partial charge in [-0.25, -0.2) is 0 Å². The first-order valence-electron chi connectivity index (χ1n) is 12.6. The number of carbonyl (C=O) groups is 3. The summed E-state index contributed by atoms with van der Waals surface area (Å²) in [4.78, 5) is 53.9. The zero-order valence-electron chi connectivity index (χ0n) is 20.6. The van der Waals surface area contributed by atoms with Gasteiger partial charge in [-0.15, -0.1) is 0 Å². The Morgan fingerprint density at radius 3 is 2.69 bits per heavy atom. The number of hydrogen-bond donors (Lipinski definition) is 3. The molecule has 5 atom stereocenters. The molecule has 0 aliphatic carbocycles. The second-order valence-electron chi connectivity index (χ2n) is 11.0. The number of hydrogen-bond acceptors (Lipinski definition) is 6. The van der Waals surface area contributed by atoms with Crippen LogP contribution in [0.1, 0.15) is 44.6 Å². The van der Waals surface area contributed by atoms with E-state index < -0.39 is 20.0 Å².